The predicted molar refractivity (Wildman–Crippen MR) is 66.5 cm³/mol. The summed E-state index contributed by atoms with van der Waals surface area (Å²) in [7, 11) is 0. The van der Waals surface area contributed by atoms with E-state index in [0.29, 0.717) is 0 Å². The highest BCUT2D eigenvalue weighted by atomic mass is 35.5. The summed E-state index contributed by atoms with van der Waals surface area (Å²) in [6, 6.07) is 0. The van der Waals surface area contributed by atoms with Gasteiger partial charge in [-0.3, -0.25) is 15.5 Å². The van der Waals surface area contributed by atoms with E-state index in [1.54, 1.807) is 0 Å². The van der Waals surface area contributed by atoms with Crippen molar-refractivity contribution in [2.24, 2.45) is 0 Å². The van der Waals surface area contributed by atoms with E-state index in [2.05, 4.69) is 15.5 Å². The van der Waals surface area contributed by atoms with Gasteiger partial charge in [0.1, 0.15) is 0 Å². The van der Waals surface area contributed by atoms with Gasteiger partial charge in [-0.05, 0) is 19.8 Å². The molecule has 3 atom stereocenters. The molecule has 0 radical (unpaired) electrons. The molecule has 6 heteroatoms. The van der Waals surface area contributed by atoms with Crippen LogP contribution in [-0.4, -0.2) is 41.2 Å². The summed E-state index contributed by atoms with van der Waals surface area (Å²) in [4.78, 5) is 2.11. The minimum absolute atomic E-state index is 0.0387. The van der Waals surface area contributed by atoms with Gasteiger partial charge in [-0.1, -0.05) is 0 Å². The molecule has 1 aliphatic heterocycles. The molecule has 3 unspecified atom stereocenters. The topological polar surface area (TPSA) is 27.3 Å². The Labute approximate surface area is 106 Å². The molecule has 1 saturated heterocycles. The first-order valence-electron chi connectivity index (χ1n) is 5.17. The molecular weight excluding hydrogens is 256 g/mol. The second-order valence-electron chi connectivity index (χ2n) is 3.87. The van der Waals surface area contributed by atoms with Crippen molar-refractivity contribution in [2.45, 2.75) is 36.0 Å². The number of hydrogen-bond acceptors (Lipinski definition) is 3. The maximum atomic E-state index is 6.26. The maximum Gasteiger partial charge on any atom is 0.0884 e. The van der Waals surface area contributed by atoms with Crippen LogP contribution in [0.25, 0.3) is 0 Å². The van der Waals surface area contributed by atoms with Crippen molar-refractivity contribution < 1.29 is 0 Å². The lowest BCUT2D eigenvalue weighted by atomic mass is 10.2. The summed E-state index contributed by atoms with van der Waals surface area (Å²) in [5, 5.41) is 6.53. The van der Waals surface area contributed by atoms with Crippen molar-refractivity contribution in [1.82, 2.24) is 15.5 Å². The summed E-state index contributed by atoms with van der Waals surface area (Å²) in [6.07, 6.45) is 1.55. The van der Waals surface area contributed by atoms with Crippen molar-refractivity contribution in [3.8, 4) is 0 Å². The smallest absolute Gasteiger partial charge is 0.0884 e. The summed E-state index contributed by atoms with van der Waals surface area (Å²) in [5.74, 6) is 0. The average Bonchev–Trinajstić information content (AvgIpc) is 2.17. The Hall–Kier alpha value is 0.750. The molecule has 1 fully saturated rings. The molecule has 0 bridgehead atoms. The largest absolute Gasteiger partial charge is 0.292 e. The number of rotatable bonds is 5. The van der Waals surface area contributed by atoms with Gasteiger partial charge in [0.15, 0.2) is 0 Å². The highest BCUT2D eigenvalue weighted by Crippen LogP contribution is 2.20. The quantitative estimate of drug-likeness (QED) is 0.593. The molecule has 0 saturated carbocycles. The van der Waals surface area contributed by atoms with E-state index in [1.165, 1.54) is 0 Å². The zero-order valence-corrected chi connectivity index (χ0v) is 11.1. The standard InChI is InChI=1S/C9H18Cl3N3/c1-7(10)2-8(11)3-9(12)15-5-13-4-14-6-15/h7-9,13-14H,2-6H2,1H3. The molecule has 3 nitrogen and oxygen atoms in total. The van der Waals surface area contributed by atoms with Crippen LogP contribution in [0.1, 0.15) is 19.8 Å². The molecule has 0 aliphatic carbocycles. The number of nitrogens with zero attached hydrogens (tertiary/aromatic N) is 1. The highest BCUT2D eigenvalue weighted by Gasteiger charge is 2.21. The molecule has 0 aromatic carbocycles. The summed E-state index contributed by atoms with van der Waals surface area (Å²) in [5.41, 5.74) is -0.0387. The van der Waals surface area contributed by atoms with E-state index in [-0.39, 0.29) is 16.3 Å². The van der Waals surface area contributed by atoms with Gasteiger partial charge in [-0.15, -0.1) is 34.8 Å². The molecule has 90 valence electrons. The third-order valence-corrected chi connectivity index (χ3v) is 3.30. The van der Waals surface area contributed by atoms with Crippen LogP contribution in [0.5, 0.6) is 0 Å². The fourth-order valence-electron chi connectivity index (χ4n) is 1.55. The molecular formula is C9H18Cl3N3. The van der Waals surface area contributed by atoms with Gasteiger partial charge < -0.3 is 0 Å². The minimum Gasteiger partial charge on any atom is -0.292 e. The van der Waals surface area contributed by atoms with Crippen molar-refractivity contribution in [1.29, 1.82) is 0 Å². The van der Waals surface area contributed by atoms with E-state index < -0.39 is 0 Å². The van der Waals surface area contributed by atoms with Crippen LogP contribution in [0.15, 0.2) is 0 Å². The number of halogens is 3. The van der Waals surface area contributed by atoms with Crippen molar-refractivity contribution in [3.05, 3.63) is 0 Å². The first kappa shape index (κ1) is 13.8. The van der Waals surface area contributed by atoms with Gasteiger partial charge in [-0.2, -0.15) is 0 Å². The zero-order chi connectivity index (χ0) is 11.3. The number of alkyl halides is 3. The Balaban J connectivity index is 2.23. The molecule has 0 spiro atoms. The van der Waals surface area contributed by atoms with Gasteiger partial charge in [-0.25, -0.2) is 0 Å². The molecule has 1 heterocycles. The van der Waals surface area contributed by atoms with Crippen molar-refractivity contribution >= 4 is 34.8 Å². The number of hydrogen-bond donors (Lipinski definition) is 2. The van der Waals surface area contributed by atoms with Crippen LogP contribution >= 0.6 is 34.8 Å². The van der Waals surface area contributed by atoms with Gasteiger partial charge in [0, 0.05) is 17.4 Å². The molecule has 2 N–H and O–H groups in total. The maximum absolute atomic E-state index is 6.26. The van der Waals surface area contributed by atoms with Crippen molar-refractivity contribution in [2.75, 3.05) is 20.0 Å². The average molecular weight is 275 g/mol. The lowest BCUT2D eigenvalue weighted by Gasteiger charge is -2.32. The zero-order valence-electron chi connectivity index (χ0n) is 8.85. The second kappa shape index (κ2) is 7.15. The lowest BCUT2D eigenvalue weighted by Crippen LogP contribution is -2.53. The van der Waals surface area contributed by atoms with Crippen LogP contribution in [0, 0.1) is 0 Å². The Morgan fingerprint density at radius 3 is 2.27 bits per heavy atom. The Bertz CT molecular complexity index is 174. The number of nitrogens with one attached hydrogen (secondary N) is 2. The SMILES string of the molecule is CC(Cl)CC(Cl)CC(Cl)N1CNCNC1. The van der Waals surface area contributed by atoms with E-state index in [9.17, 15) is 0 Å². The normalized spacial score (nSPS) is 24.8. The molecule has 1 rings (SSSR count). The first-order chi connectivity index (χ1) is 7.09. The van der Waals surface area contributed by atoms with E-state index in [0.717, 1.165) is 32.8 Å². The Morgan fingerprint density at radius 1 is 1.13 bits per heavy atom. The van der Waals surface area contributed by atoms with Crippen LogP contribution in [0.2, 0.25) is 0 Å². The second-order valence-corrected chi connectivity index (χ2v) is 5.73. The van der Waals surface area contributed by atoms with Crippen LogP contribution in [-0.2, 0) is 0 Å². The molecule has 1 aliphatic rings. The summed E-state index contributed by atoms with van der Waals surface area (Å²) in [6.45, 7) is 4.40. The van der Waals surface area contributed by atoms with Gasteiger partial charge in [0.2, 0.25) is 0 Å². The fourth-order valence-corrected chi connectivity index (χ4v) is 2.74. The van der Waals surface area contributed by atoms with Gasteiger partial charge in [0.05, 0.1) is 18.8 Å². The first-order valence-corrected chi connectivity index (χ1v) is 6.48. The Morgan fingerprint density at radius 2 is 1.73 bits per heavy atom. The van der Waals surface area contributed by atoms with Gasteiger partial charge in [0.25, 0.3) is 0 Å². The third-order valence-electron chi connectivity index (χ3n) is 2.31. The van der Waals surface area contributed by atoms with Crippen LogP contribution < -0.4 is 10.6 Å². The van der Waals surface area contributed by atoms with E-state index >= 15 is 0 Å². The van der Waals surface area contributed by atoms with Gasteiger partial charge >= 0.3 is 0 Å². The van der Waals surface area contributed by atoms with Crippen molar-refractivity contribution in [3.63, 3.8) is 0 Å². The monoisotopic (exact) mass is 273 g/mol. The molecule has 15 heavy (non-hydrogen) atoms. The van der Waals surface area contributed by atoms with Crippen LogP contribution in [0.3, 0.4) is 0 Å². The lowest BCUT2D eigenvalue weighted by molar-refractivity contribution is 0.168. The predicted octanol–water partition coefficient (Wildman–Crippen LogP) is 1.93. The molecule has 0 aromatic rings. The third kappa shape index (κ3) is 5.57. The highest BCUT2D eigenvalue weighted by molar-refractivity contribution is 6.24. The summed E-state index contributed by atoms with van der Waals surface area (Å²) >= 11 is 18.3. The minimum atomic E-state index is -0.0387. The van der Waals surface area contributed by atoms with E-state index in [1.807, 2.05) is 6.92 Å². The van der Waals surface area contributed by atoms with Crippen LogP contribution in [0.4, 0.5) is 0 Å². The molecule has 0 amide bonds. The Kier molecular flexibility index (Phi) is 6.58. The van der Waals surface area contributed by atoms with E-state index in [4.69, 9.17) is 34.8 Å². The fraction of sp³-hybridized carbons (Fsp3) is 1.00. The molecule has 0 aromatic heterocycles. The summed E-state index contributed by atoms with van der Waals surface area (Å²) < 4.78 is 0.